The molecule has 4 heteroatoms. The minimum absolute atomic E-state index is 0.0494. The highest BCUT2D eigenvalue weighted by Crippen LogP contribution is 2.10. The molecular weight excluding hydrogens is 292 g/mol. The van der Waals surface area contributed by atoms with E-state index < -0.39 is 0 Å². The molecule has 0 fully saturated rings. The molecule has 0 aliphatic rings. The van der Waals surface area contributed by atoms with E-state index in [0.29, 0.717) is 19.0 Å². The first-order valence-electron chi connectivity index (χ1n) is 6.23. The maximum absolute atomic E-state index is 11.6. The van der Waals surface area contributed by atoms with E-state index in [-0.39, 0.29) is 11.9 Å². The van der Waals surface area contributed by atoms with Crippen LogP contribution >= 0.6 is 15.9 Å². The third kappa shape index (κ3) is 5.65. The molecule has 1 atom stereocenters. The van der Waals surface area contributed by atoms with Crippen LogP contribution in [0.25, 0.3) is 0 Å². The monoisotopic (exact) mass is 312 g/mol. The number of hydrogen-bond donors (Lipinski definition) is 2. The number of carbonyl (C=O) groups excluding carboxylic acids is 1. The third-order valence-electron chi connectivity index (χ3n) is 2.92. The molecule has 1 aromatic carbocycles. The van der Waals surface area contributed by atoms with Gasteiger partial charge >= 0.3 is 0 Å². The van der Waals surface area contributed by atoms with Gasteiger partial charge in [-0.1, -0.05) is 41.9 Å². The van der Waals surface area contributed by atoms with Gasteiger partial charge in [0, 0.05) is 17.1 Å². The van der Waals surface area contributed by atoms with Gasteiger partial charge in [-0.25, -0.2) is 0 Å². The Morgan fingerprint density at radius 2 is 1.83 bits per heavy atom. The van der Waals surface area contributed by atoms with Crippen LogP contribution in [0.4, 0.5) is 0 Å². The fourth-order valence-corrected chi connectivity index (χ4v) is 1.66. The molecule has 0 aromatic heterocycles. The highest BCUT2D eigenvalue weighted by molar-refractivity contribution is 9.10. The third-order valence-corrected chi connectivity index (χ3v) is 3.45. The van der Waals surface area contributed by atoms with Crippen molar-refractivity contribution >= 4 is 21.8 Å². The normalized spacial score (nSPS) is 12.5. The van der Waals surface area contributed by atoms with E-state index in [9.17, 15) is 4.79 Å². The van der Waals surface area contributed by atoms with Gasteiger partial charge in [0.25, 0.3) is 0 Å². The van der Waals surface area contributed by atoms with Crippen LogP contribution in [0.1, 0.15) is 26.3 Å². The van der Waals surface area contributed by atoms with Crippen LogP contribution in [0.15, 0.2) is 28.7 Å². The number of carbonyl (C=O) groups is 1. The Hall–Kier alpha value is -0.870. The van der Waals surface area contributed by atoms with Gasteiger partial charge in [-0.2, -0.15) is 0 Å². The Kier molecular flexibility index (Phi) is 6.36. The summed E-state index contributed by atoms with van der Waals surface area (Å²) in [6.07, 6.45) is 0. The van der Waals surface area contributed by atoms with Gasteiger partial charge in [0.2, 0.25) is 5.91 Å². The first kappa shape index (κ1) is 15.2. The number of amides is 1. The largest absolute Gasteiger partial charge is 0.352 e. The van der Waals surface area contributed by atoms with Gasteiger partial charge in [-0.3, -0.25) is 4.79 Å². The van der Waals surface area contributed by atoms with E-state index >= 15 is 0 Å². The zero-order chi connectivity index (χ0) is 13.5. The summed E-state index contributed by atoms with van der Waals surface area (Å²) < 4.78 is 1.06. The summed E-state index contributed by atoms with van der Waals surface area (Å²) in [5, 5.41) is 6.10. The van der Waals surface area contributed by atoms with Crippen LogP contribution < -0.4 is 10.6 Å². The van der Waals surface area contributed by atoms with E-state index in [4.69, 9.17) is 0 Å². The Labute approximate surface area is 117 Å². The van der Waals surface area contributed by atoms with Gasteiger partial charge in [0.05, 0.1) is 6.54 Å². The molecule has 0 aliphatic heterocycles. The summed E-state index contributed by atoms with van der Waals surface area (Å²) in [7, 11) is 0. The molecule has 2 N–H and O–H groups in total. The Bertz CT molecular complexity index is 376. The molecule has 0 heterocycles. The van der Waals surface area contributed by atoms with Crippen LogP contribution in [0.2, 0.25) is 0 Å². The maximum atomic E-state index is 11.6. The summed E-state index contributed by atoms with van der Waals surface area (Å²) in [6, 6.07) is 8.28. The van der Waals surface area contributed by atoms with Crippen LogP contribution in [-0.2, 0) is 11.3 Å². The second kappa shape index (κ2) is 7.54. The molecule has 1 amide bonds. The van der Waals surface area contributed by atoms with Crippen molar-refractivity contribution in [2.45, 2.75) is 33.4 Å². The van der Waals surface area contributed by atoms with Crippen LogP contribution in [0, 0.1) is 5.92 Å². The highest BCUT2D eigenvalue weighted by Gasteiger charge is 2.09. The number of benzene rings is 1. The van der Waals surface area contributed by atoms with E-state index in [1.807, 2.05) is 31.2 Å². The van der Waals surface area contributed by atoms with Crippen molar-refractivity contribution in [2.75, 3.05) is 6.54 Å². The lowest BCUT2D eigenvalue weighted by atomic mass is 10.1. The molecule has 100 valence electrons. The Balaban J connectivity index is 2.25. The van der Waals surface area contributed by atoms with Crippen LogP contribution in [0.3, 0.4) is 0 Å². The number of halogens is 1. The Morgan fingerprint density at radius 1 is 1.22 bits per heavy atom. The van der Waals surface area contributed by atoms with Gasteiger partial charge in [0.15, 0.2) is 0 Å². The lowest BCUT2D eigenvalue weighted by molar-refractivity contribution is -0.121. The molecule has 0 spiro atoms. The molecule has 18 heavy (non-hydrogen) atoms. The van der Waals surface area contributed by atoms with Gasteiger partial charge in [-0.05, 0) is 30.5 Å². The first-order chi connectivity index (χ1) is 8.49. The molecule has 1 rings (SSSR count). The predicted molar refractivity (Wildman–Crippen MR) is 78.3 cm³/mol. The predicted octanol–water partition coefficient (Wildman–Crippen LogP) is 2.70. The molecular formula is C14H21BrN2O. The van der Waals surface area contributed by atoms with Crippen molar-refractivity contribution in [3.05, 3.63) is 34.3 Å². The summed E-state index contributed by atoms with van der Waals surface area (Å²) in [4.78, 5) is 11.6. The van der Waals surface area contributed by atoms with Crippen molar-refractivity contribution in [1.29, 1.82) is 0 Å². The van der Waals surface area contributed by atoms with Gasteiger partial charge in [0.1, 0.15) is 0 Å². The molecule has 1 unspecified atom stereocenters. The van der Waals surface area contributed by atoms with Crippen LogP contribution in [0.5, 0.6) is 0 Å². The van der Waals surface area contributed by atoms with Crippen molar-refractivity contribution in [3.63, 3.8) is 0 Å². The fraction of sp³-hybridized carbons (Fsp3) is 0.500. The lowest BCUT2D eigenvalue weighted by Crippen LogP contribution is -2.41. The first-order valence-corrected chi connectivity index (χ1v) is 7.03. The van der Waals surface area contributed by atoms with Crippen molar-refractivity contribution < 1.29 is 4.79 Å². The minimum Gasteiger partial charge on any atom is -0.352 e. The Morgan fingerprint density at radius 3 is 2.39 bits per heavy atom. The number of rotatable bonds is 6. The summed E-state index contributed by atoms with van der Waals surface area (Å²) in [6.45, 7) is 7.28. The molecule has 0 saturated carbocycles. The van der Waals surface area contributed by atoms with E-state index in [1.54, 1.807) is 0 Å². The summed E-state index contributed by atoms with van der Waals surface area (Å²) in [5.41, 5.74) is 1.17. The number of hydrogen-bond acceptors (Lipinski definition) is 2. The SMILES string of the molecule is CC(C)C(C)NC(=O)CNCc1ccc(Br)cc1. The highest BCUT2D eigenvalue weighted by atomic mass is 79.9. The molecule has 0 aliphatic carbocycles. The second-order valence-electron chi connectivity index (χ2n) is 4.83. The summed E-state index contributed by atoms with van der Waals surface area (Å²) >= 11 is 3.39. The molecule has 0 radical (unpaired) electrons. The van der Waals surface area contributed by atoms with Crippen molar-refractivity contribution in [3.8, 4) is 0 Å². The van der Waals surface area contributed by atoms with E-state index in [1.165, 1.54) is 5.56 Å². The average molecular weight is 313 g/mol. The smallest absolute Gasteiger partial charge is 0.234 e. The molecule has 0 saturated heterocycles. The number of nitrogens with one attached hydrogen (secondary N) is 2. The van der Waals surface area contributed by atoms with Crippen molar-refractivity contribution in [2.24, 2.45) is 5.92 Å². The average Bonchev–Trinajstić information content (AvgIpc) is 2.31. The molecule has 3 nitrogen and oxygen atoms in total. The fourth-order valence-electron chi connectivity index (χ4n) is 1.39. The lowest BCUT2D eigenvalue weighted by Gasteiger charge is -2.17. The topological polar surface area (TPSA) is 41.1 Å². The standard InChI is InChI=1S/C14H21BrN2O/c1-10(2)11(3)17-14(18)9-16-8-12-4-6-13(15)7-5-12/h4-7,10-11,16H,8-9H2,1-3H3,(H,17,18). The van der Waals surface area contributed by atoms with Gasteiger partial charge < -0.3 is 10.6 Å². The molecule has 1 aromatic rings. The maximum Gasteiger partial charge on any atom is 0.234 e. The zero-order valence-corrected chi connectivity index (χ0v) is 12.8. The zero-order valence-electron chi connectivity index (χ0n) is 11.2. The van der Waals surface area contributed by atoms with Crippen molar-refractivity contribution in [1.82, 2.24) is 10.6 Å². The van der Waals surface area contributed by atoms with Crippen LogP contribution in [-0.4, -0.2) is 18.5 Å². The summed E-state index contributed by atoms with van der Waals surface area (Å²) in [5.74, 6) is 0.508. The second-order valence-corrected chi connectivity index (χ2v) is 5.75. The quantitative estimate of drug-likeness (QED) is 0.848. The van der Waals surface area contributed by atoms with E-state index in [2.05, 4.69) is 40.4 Å². The van der Waals surface area contributed by atoms with Gasteiger partial charge in [-0.15, -0.1) is 0 Å². The molecule has 0 bridgehead atoms. The van der Waals surface area contributed by atoms with E-state index in [0.717, 1.165) is 4.47 Å². The minimum atomic E-state index is 0.0494.